The van der Waals surface area contributed by atoms with E-state index in [4.69, 9.17) is 0 Å². The van der Waals surface area contributed by atoms with Crippen molar-refractivity contribution in [3.05, 3.63) is 88.7 Å². The van der Waals surface area contributed by atoms with Crippen LogP contribution < -0.4 is 4.90 Å². The second-order valence-corrected chi connectivity index (χ2v) is 11.1. The van der Waals surface area contributed by atoms with Gasteiger partial charge in [0.2, 0.25) is 0 Å². The van der Waals surface area contributed by atoms with E-state index in [9.17, 15) is 14.7 Å². The third-order valence-electron chi connectivity index (χ3n) is 8.78. The number of para-hydroxylation sites is 1. The third kappa shape index (κ3) is 5.25. The Morgan fingerprint density at radius 3 is 2.28 bits per heavy atom. The molecule has 7 heteroatoms. The number of piperazine rings is 1. The molecule has 2 aromatic carbocycles. The molecule has 2 aliphatic heterocycles. The molecule has 3 aromatic rings. The zero-order valence-electron chi connectivity index (χ0n) is 22.6. The minimum absolute atomic E-state index is 0.0137. The maximum Gasteiger partial charge on any atom is 0.270 e. The van der Waals surface area contributed by atoms with Crippen LogP contribution in [0.4, 0.5) is 5.69 Å². The lowest BCUT2D eigenvalue weighted by molar-refractivity contribution is 0.0605. The van der Waals surface area contributed by atoms with Gasteiger partial charge < -0.3 is 19.5 Å². The molecule has 39 heavy (non-hydrogen) atoms. The first-order chi connectivity index (χ1) is 19.1. The number of aliphatic hydroxyl groups excluding tert-OH is 1. The van der Waals surface area contributed by atoms with Crippen LogP contribution in [0.3, 0.4) is 0 Å². The highest BCUT2D eigenvalue weighted by molar-refractivity contribution is 6.06. The van der Waals surface area contributed by atoms with Crippen LogP contribution in [-0.2, 0) is 13.1 Å². The summed E-state index contributed by atoms with van der Waals surface area (Å²) in [6, 6.07) is 20.2. The number of carbonyl (C=O) groups is 2. The standard InChI is InChI=1S/C32H38N4O3/c37-21-20-33-16-18-34(19-17-33)32(39)30-15-14-28-23-36(29-9-5-4-8-27(29)22-35(28)30)31(38)26-12-10-25(11-13-26)24-6-2-1-3-7-24/h4-5,8-15,24,37H,1-3,6-7,16-23H2. The van der Waals surface area contributed by atoms with Crippen molar-refractivity contribution in [3.63, 3.8) is 0 Å². The van der Waals surface area contributed by atoms with Crippen LogP contribution in [0.2, 0.25) is 0 Å². The Balaban J connectivity index is 1.25. The Labute approximate surface area is 230 Å². The number of carbonyl (C=O) groups excluding carboxylic acids is 2. The van der Waals surface area contributed by atoms with E-state index in [1.165, 1.54) is 37.7 Å². The number of anilines is 1. The molecular weight excluding hydrogens is 488 g/mol. The lowest BCUT2D eigenvalue weighted by atomic mass is 9.84. The van der Waals surface area contributed by atoms with Gasteiger partial charge in [0, 0.05) is 49.7 Å². The number of nitrogens with zero attached hydrogens (tertiary/aromatic N) is 4. The average molecular weight is 527 g/mol. The first-order valence-corrected chi connectivity index (χ1v) is 14.4. The van der Waals surface area contributed by atoms with E-state index in [0.717, 1.165) is 30.0 Å². The Kier molecular flexibility index (Phi) is 7.53. The maximum absolute atomic E-state index is 13.9. The highest BCUT2D eigenvalue weighted by Crippen LogP contribution is 2.34. The van der Waals surface area contributed by atoms with E-state index in [2.05, 4.69) is 27.7 Å². The molecule has 2 fully saturated rings. The van der Waals surface area contributed by atoms with Gasteiger partial charge in [-0.05, 0) is 60.2 Å². The van der Waals surface area contributed by atoms with Crippen LogP contribution in [0.5, 0.6) is 0 Å². The Morgan fingerprint density at radius 2 is 1.54 bits per heavy atom. The number of fused-ring (bicyclic) bond motifs is 2. The summed E-state index contributed by atoms with van der Waals surface area (Å²) >= 11 is 0. The summed E-state index contributed by atoms with van der Waals surface area (Å²) in [4.78, 5) is 33.4. The zero-order chi connectivity index (χ0) is 26.8. The molecule has 1 saturated heterocycles. The Bertz CT molecular complexity index is 1320. The quantitative estimate of drug-likeness (QED) is 0.532. The Morgan fingerprint density at radius 1 is 0.795 bits per heavy atom. The molecule has 0 atom stereocenters. The lowest BCUT2D eigenvalue weighted by Crippen LogP contribution is -2.49. The fourth-order valence-electron chi connectivity index (χ4n) is 6.50. The molecule has 7 nitrogen and oxygen atoms in total. The third-order valence-corrected chi connectivity index (χ3v) is 8.78. The van der Waals surface area contributed by atoms with Crippen molar-refractivity contribution in [1.82, 2.24) is 14.4 Å². The second-order valence-electron chi connectivity index (χ2n) is 11.1. The van der Waals surface area contributed by atoms with Gasteiger partial charge in [-0.1, -0.05) is 49.6 Å². The van der Waals surface area contributed by atoms with Gasteiger partial charge >= 0.3 is 0 Å². The molecule has 0 bridgehead atoms. The van der Waals surface area contributed by atoms with E-state index < -0.39 is 0 Å². The van der Waals surface area contributed by atoms with Gasteiger partial charge in [-0.15, -0.1) is 0 Å². The number of aliphatic hydroxyl groups is 1. The van der Waals surface area contributed by atoms with Crippen LogP contribution in [0.25, 0.3) is 0 Å². The molecule has 3 aliphatic rings. The van der Waals surface area contributed by atoms with Crippen molar-refractivity contribution in [2.45, 2.75) is 51.1 Å². The first kappa shape index (κ1) is 25.8. The SMILES string of the molecule is O=C(c1ccc2n1Cc1ccccc1N(C(=O)c1ccc(C3CCCCC3)cc1)C2)N1CCN(CCO)CC1. The second kappa shape index (κ2) is 11.4. The van der Waals surface area contributed by atoms with E-state index in [0.29, 0.717) is 49.9 Å². The molecule has 6 rings (SSSR count). The highest BCUT2D eigenvalue weighted by atomic mass is 16.3. The molecule has 204 valence electrons. The first-order valence-electron chi connectivity index (χ1n) is 14.4. The highest BCUT2D eigenvalue weighted by Gasteiger charge is 2.30. The lowest BCUT2D eigenvalue weighted by Gasteiger charge is -2.34. The number of β-amino-alcohol motifs (C(OH)–C–C–N with tert-alkyl or cyclic N) is 1. The van der Waals surface area contributed by atoms with E-state index in [1.807, 2.05) is 52.3 Å². The fourth-order valence-corrected chi connectivity index (χ4v) is 6.50. The monoisotopic (exact) mass is 526 g/mol. The van der Waals surface area contributed by atoms with Gasteiger partial charge in [-0.2, -0.15) is 0 Å². The summed E-state index contributed by atoms with van der Waals surface area (Å²) in [5, 5.41) is 9.23. The molecule has 0 unspecified atom stereocenters. The van der Waals surface area contributed by atoms with Crippen molar-refractivity contribution in [3.8, 4) is 0 Å². The minimum atomic E-state index is -0.0137. The van der Waals surface area contributed by atoms with Crippen LogP contribution in [0.1, 0.15) is 75.7 Å². The molecule has 1 aliphatic carbocycles. The van der Waals surface area contributed by atoms with E-state index in [-0.39, 0.29) is 18.4 Å². The van der Waals surface area contributed by atoms with Crippen LogP contribution in [0.15, 0.2) is 60.7 Å². The smallest absolute Gasteiger partial charge is 0.270 e. The number of hydrogen-bond donors (Lipinski definition) is 1. The summed E-state index contributed by atoms with van der Waals surface area (Å²) < 4.78 is 2.08. The summed E-state index contributed by atoms with van der Waals surface area (Å²) in [6.07, 6.45) is 6.39. The van der Waals surface area contributed by atoms with Crippen molar-refractivity contribution >= 4 is 17.5 Å². The largest absolute Gasteiger partial charge is 0.395 e. The average Bonchev–Trinajstić information content (AvgIpc) is 3.30. The predicted octanol–water partition coefficient (Wildman–Crippen LogP) is 4.49. The van der Waals surface area contributed by atoms with Gasteiger partial charge in [-0.25, -0.2) is 0 Å². The molecule has 1 aromatic heterocycles. The Hall–Kier alpha value is -3.42. The number of hydrogen-bond acceptors (Lipinski definition) is 4. The summed E-state index contributed by atoms with van der Waals surface area (Å²) in [5.41, 5.74) is 5.60. The predicted molar refractivity (Wildman–Crippen MR) is 152 cm³/mol. The minimum Gasteiger partial charge on any atom is -0.395 e. The maximum atomic E-state index is 13.9. The van der Waals surface area contributed by atoms with Crippen LogP contribution in [0, 0.1) is 0 Å². The van der Waals surface area contributed by atoms with Crippen molar-refractivity contribution < 1.29 is 14.7 Å². The van der Waals surface area contributed by atoms with Gasteiger partial charge in [0.15, 0.2) is 0 Å². The fraction of sp³-hybridized carbons (Fsp3) is 0.438. The molecule has 0 spiro atoms. The molecule has 1 N–H and O–H groups in total. The van der Waals surface area contributed by atoms with Gasteiger partial charge in [0.05, 0.1) is 19.7 Å². The number of benzene rings is 2. The van der Waals surface area contributed by atoms with Crippen molar-refractivity contribution in [1.29, 1.82) is 0 Å². The van der Waals surface area contributed by atoms with Gasteiger partial charge in [0.1, 0.15) is 5.69 Å². The number of aromatic nitrogens is 1. The molecule has 2 amide bonds. The summed E-state index contributed by atoms with van der Waals surface area (Å²) in [7, 11) is 0. The number of amides is 2. The molecular formula is C32H38N4O3. The number of rotatable bonds is 5. The topological polar surface area (TPSA) is 69.0 Å². The summed E-state index contributed by atoms with van der Waals surface area (Å²) in [5.74, 6) is 0.624. The van der Waals surface area contributed by atoms with Crippen LogP contribution >= 0.6 is 0 Å². The van der Waals surface area contributed by atoms with Crippen LogP contribution in [-0.4, -0.2) is 70.6 Å². The molecule has 0 radical (unpaired) electrons. The van der Waals surface area contributed by atoms with E-state index in [1.54, 1.807) is 0 Å². The van der Waals surface area contributed by atoms with E-state index >= 15 is 0 Å². The van der Waals surface area contributed by atoms with Crippen molar-refractivity contribution in [2.75, 3.05) is 44.2 Å². The summed E-state index contributed by atoms with van der Waals surface area (Å²) in [6.45, 7) is 4.59. The van der Waals surface area contributed by atoms with Gasteiger partial charge in [-0.3, -0.25) is 14.5 Å². The normalized spacial score (nSPS) is 18.4. The molecule has 1 saturated carbocycles. The zero-order valence-corrected chi connectivity index (χ0v) is 22.6. The molecule has 3 heterocycles. The van der Waals surface area contributed by atoms with Gasteiger partial charge in [0.25, 0.3) is 11.8 Å². The van der Waals surface area contributed by atoms with Crippen molar-refractivity contribution in [2.24, 2.45) is 0 Å².